The Morgan fingerprint density at radius 1 is 1.25 bits per heavy atom. The summed E-state index contributed by atoms with van der Waals surface area (Å²) in [6.45, 7) is 2.72. The molecule has 6 heteroatoms. The van der Waals surface area contributed by atoms with E-state index in [1.807, 2.05) is 29.6 Å². The van der Waals surface area contributed by atoms with Gasteiger partial charge in [-0.3, -0.25) is 0 Å². The van der Waals surface area contributed by atoms with Crippen molar-refractivity contribution < 1.29 is 15.0 Å². The largest absolute Gasteiger partial charge is 0.508 e. The maximum Gasteiger partial charge on any atom is 0.332 e. The highest BCUT2D eigenvalue weighted by Gasteiger charge is 2.14. The van der Waals surface area contributed by atoms with Crippen molar-refractivity contribution in [3.63, 3.8) is 0 Å². The highest BCUT2D eigenvalue weighted by Crippen LogP contribution is 2.20. The number of phenols is 1. The Morgan fingerprint density at radius 2 is 2.04 bits per heavy atom. The lowest BCUT2D eigenvalue weighted by Gasteiger charge is -2.11. The fraction of sp³-hybridized carbons (Fsp3) is 0.273. The van der Waals surface area contributed by atoms with Crippen molar-refractivity contribution in [2.24, 2.45) is 0 Å². The average molecular weight is 397 g/mol. The molecule has 0 bridgehead atoms. The molecule has 1 aromatic carbocycles. The van der Waals surface area contributed by atoms with Crippen molar-refractivity contribution in [2.75, 3.05) is 0 Å². The van der Waals surface area contributed by atoms with Crippen LogP contribution in [0, 0.1) is 0 Å². The van der Waals surface area contributed by atoms with Crippen molar-refractivity contribution in [2.45, 2.75) is 39.2 Å². The normalized spacial score (nSPS) is 11.7. The number of aromatic hydroxyl groups is 1. The molecule has 0 amide bonds. The van der Waals surface area contributed by atoms with Crippen LogP contribution in [-0.4, -0.2) is 25.7 Å². The van der Waals surface area contributed by atoms with Crippen LogP contribution in [0.15, 0.2) is 53.5 Å². The number of rotatable bonds is 9. The standard InChI is InChI=1S/C22H24N2O3S/c1-2-3-6-21-23-14-18(24(21)15-16-7-9-19(25)10-8-16)12-17(22(26)27)13-20-5-4-11-28-20/h4-5,7-12,14,25H,2-3,6,13,15H2,1H3,(H,26,27)/b17-12+. The number of aryl methyl sites for hydroxylation is 1. The van der Waals surface area contributed by atoms with Crippen LogP contribution in [0.1, 0.15) is 41.7 Å². The molecule has 0 saturated heterocycles. The average Bonchev–Trinajstić information content (AvgIpc) is 3.32. The van der Waals surface area contributed by atoms with E-state index in [0.717, 1.165) is 41.2 Å². The Kier molecular flexibility index (Phi) is 6.66. The summed E-state index contributed by atoms with van der Waals surface area (Å²) in [7, 11) is 0. The molecule has 0 atom stereocenters. The van der Waals surface area contributed by atoms with Gasteiger partial charge in [0.05, 0.1) is 11.9 Å². The number of thiophene rings is 1. The van der Waals surface area contributed by atoms with E-state index >= 15 is 0 Å². The lowest BCUT2D eigenvalue weighted by atomic mass is 10.1. The summed E-state index contributed by atoms with van der Waals surface area (Å²) < 4.78 is 2.07. The second kappa shape index (κ2) is 9.37. The topological polar surface area (TPSA) is 75.3 Å². The van der Waals surface area contributed by atoms with E-state index in [1.54, 1.807) is 35.7 Å². The van der Waals surface area contributed by atoms with Crippen LogP contribution in [0.25, 0.3) is 6.08 Å². The first-order chi connectivity index (χ1) is 13.6. The summed E-state index contributed by atoms with van der Waals surface area (Å²) in [5.74, 6) is 0.257. The van der Waals surface area contributed by atoms with Gasteiger partial charge in [0.2, 0.25) is 0 Å². The molecule has 0 fully saturated rings. The molecule has 2 aromatic heterocycles. The maximum absolute atomic E-state index is 11.8. The monoisotopic (exact) mass is 396 g/mol. The molecule has 0 aliphatic carbocycles. The molecule has 3 aromatic rings. The number of carboxylic acid groups (broad SMARTS) is 1. The van der Waals surface area contributed by atoms with Crippen LogP contribution < -0.4 is 0 Å². The van der Waals surface area contributed by atoms with Crippen LogP contribution in [0.3, 0.4) is 0 Å². The van der Waals surface area contributed by atoms with E-state index in [2.05, 4.69) is 16.5 Å². The number of unbranched alkanes of at least 4 members (excludes halogenated alkanes) is 1. The molecule has 0 radical (unpaired) electrons. The Morgan fingerprint density at radius 3 is 2.68 bits per heavy atom. The summed E-state index contributed by atoms with van der Waals surface area (Å²) in [5, 5.41) is 21.1. The molecule has 28 heavy (non-hydrogen) atoms. The summed E-state index contributed by atoms with van der Waals surface area (Å²) in [4.78, 5) is 17.4. The SMILES string of the molecule is CCCCc1ncc(/C=C(\Cc2cccs2)C(=O)O)n1Cc1ccc(O)cc1. The Bertz CT molecular complexity index is 941. The summed E-state index contributed by atoms with van der Waals surface area (Å²) in [6, 6.07) is 10.9. The number of aliphatic carboxylic acids is 1. The fourth-order valence-corrected chi connectivity index (χ4v) is 3.74. The molecular formula is C22H24N2O3S. The van der Waals surface area contributed by atoms with Gasteiger partial charge in [-0.05, 0) is 41.6 Å². The fourth-order valence-electron chi connectivity index (χ4n) is 3.01. The van der Waals surface area contributed by atoms with E-state index in [4.69, 9.17) is 0 Å². The van der Waals surface area contributed by atoms with Crippen molar-refractivity contribution in [3.05, 3.63) is 75.5 Å². The minimum Gasteiger partial charge on any atom is -0.508 e. The van der Waals surface area contributed by atoms with Crippen molar-refractivity contribution in [1.82, 2.24) is 9.55 Å². The van der Waals surface area contributed by atoms with E-state index in [9.17, 15) is 15.0 Å². The number of phenolic OH excluding ortho intramolecular Hbond substituents is 1. The highest BCUT2D eigenvalue weighted by molar-refractivity contribution is 7.09. The molecule has 2 N–H and O–H groups in total. The van der Waals surface area contributed by atoms with Gasteiger partial charge in [-0.2, -0.15) is 0 Å². The number of aromatic nitrogens is 2. The van der Waals surface area contributed by atoms with Gasteiger partial charge in [-0.15, -0.1) is 11.3 Å². The minimum absolute atomic E-state index is 0.227. The van der Waals surface area contributed by atoms with Gasteiger partial charge < -0.3 is 14.8 Å². The number of hydrogen-bond acceptors (Lipinski definition) is 4. The zero-order valence-electron chi connectivity index (χ0n) is 15.8. The van der Waals surface area contributed by atoms with Gasteiger partial charge in [0.25, 0.3) is 0 Å². The Balaban J connectivity index is 1.94. The number of carbonyl (C=O) groups is 1. The molecule has 146 valence electrons. The molecule has 5 nitrogen and oxygen atoms in total. The lowest BCUT2D eigenvalue weighted by Crippen LogP contribution is -2.09. The Labute approximate surface area is 168 Å². The van der Waals surface area contributed by atoms with E-state index in [-0.39, 0.29) is 5.75 Å². The third kappa shape index (κ3) is 5.10. The first-order valence-electron chi connectivity index (χ1n) is 9.35. The van der Waals surface area contributed by atoms with Crippen molar-refractivity contribution in [3.8, 4) is 5.75 Å². The Hall–Kier alpha value is -2.86. The molecule has 0 spiro atoms. The van der Waals surface area contributed by atoms with Gasteiger partial charge in [0.1, 0.15) is 11.6 Å². The van der Waals surface area contributed by atoms with E-state index in [0.29, 0.717) is 18.5 Å². The van der Waals surface area contributed by atoms with Gasteiger partial charge in [0.15, 0.2) is 0 Å². The number of benzene rings is 1. The zero-order chi connectivity index (χ0) is 19.9. The van der Waals surface area contributed by atoms with Gasteiger partial charge in [0, 0.05) is 29.8 Å². The molecule has 2 heterocycles. The predicted molar refractivity (Wildman–Crippen MR) is 112 cm³/mol. The van der Waals surface area contributed by atoms with Crippen molar-refractivity contribution in [1.29, 1.82) is 0 Å². The molecule has 0 saturated carbocycles. The van der Waals surface area contributed by atoms with Crippen LogP contribution in [0.5, 0.6) is 5.75 Å². The quantitative estimate of drug-likeness (QED) is 0.512. The zero-order valence-corrected chi connectivity index (χ0v) is 16.7. The van der Waals surface area contributed by atoms with Crippen LogP contribution in [0.2, 0.25) is 0 Å². The summed E-state index contributed by atoms with van der Waals surface area (Å²) in [6.07, 6.45) is 6.80. The predicted octanol–water partition coefficient (Wildman–Crippen LogP) is 4.75. The second-order valence-corrected chi connectivity index (χ2v) is 7.72. The molecule has 0 unspecified atom stereocenters. The second-order valence-electron chi connectivity index (χ2n) is 6.69. The first-order valence-corrected chi connectivity index (χ1v) is 10.2. The van der Waals surface area contributed by atoms with Gasteiger partial charge in [-0.25, -0.2) is 9.78 Å². The summed E-state index contributed by atoms with van der Waals surface area (Å²) in [5.41, 5.74) is 2.16. The van der Waals surface area contributed by atoms with E-state index in [1.165, 1.54) is 0 Å². The highest BCUT2D eigenvalue weighted by atomic mass is 32.1. The van der Waals surface area contributed by atoms with Crippen LogP contribution in [0.4, 0.5) is 0 Å². The molecule has 0 aliphatic heterocycles. The van der Waals surface area contributed by atoms with Gasteiger partial charge >= 0.3 is 5.97 Å². The first kappa shape index (κ1) is 19.9. The third-order valence-corrected chi connectivity index (χ3v) is 5.42. The molecule has 0 aliphatic rings. The van der Waals surface area contributed by atoms with Crippen LogP contribution >= 0.6 is 11.3 Å². The van der Waals surface area contributed by atoms with Crippen LogP contribution in [-0.2, 0) is 24.2 Å². The number of carboxylic acids is 1. The minimum atomic E-state index is -0.916. The molecular weight excluding hydrogens is 372 g/mol. The van der Waals surface area contributed by atoms with Gasteiger partial charge in [-0.1, -0.05) is 31.5 Å². The third-order valence-electron chi connectivity index (χ3n) is 4.54. The smallest absolute Gasteiger partial charge is 0.332 e. The lowest BCUT2D eigenvalue weighted by molar-refractivity contribution is -0.132. The summed E-state index contributed by atoms with van der Waals surface area (Å²) >= 11 is 1.55. The maximum atomic E-state index is 11.8. The number of imidazole rings is 1. The number of nitrogens with zero attached hydrogens (tertiary/aromatic N) is 2. The van der Waals surface area contributed by atoms with E-state index < -0.39 is 5.97 Å². The number of hydrogen-bond donors (Lipinski definition) is 2. The molecule has 3 rings (SSSR count). The van der Waals surface area contributed by atoms with Crippen molar-refractivity contribution >= 4 is 23.4 Å².